The SMILES string of the molecule is Cc1ccc(C(=O)Cc2ccc(N3CCN(C)CC3)c(C(F)(F)F)c2)cc1NC(=O)/C=C/c1cncnc1. The fourth-order valence-electron chi connectivity index (χ4n) is 4.20. The summed E-state index contributed by atoms with van der Waals surface area (Å²) in [5.41, 5.74) is 1.80. The van der Waals surface area contributed by atoms with Crippen LogP contribution in [0, 0.1) is 6.92 Å². The molecule has 1 aromatic heterocycles. The minimum atomic E-state index is -4.54. The number of amides is 1. The average molecular weight is 524 g/mol. The van der Waals surface area contributed by atoms with E-state index in [1.807, 2.05) is 7.05 Å². The van der Waals surface area contributed by atoms with Gasteiger partial charge in [-0.3, -0.25) is 9.59 Å². The van der Waals surface area contributed by atoms with Crippen LogP contribution in [0.15, 0.2) is 61.2 Å². The predicted molar refractivity (Wildman–Crippen MR) is 140 cm³/mol. The zero-order valence-corrected chi connectivity index (χ0v) is 21.1. The van der Waals surface area contributed by atoms with Crippen LogP contribution >= 0.6 is 0 Å². The Morgan fingerprint density at radius 3 is 2.42 bits per heavy atom. The molecule has 2 heterocycles. The van der Waals surface area contributed by atoms with Gasteiger partial charge < -0.3 is 15.1 Å². The van der Waals surface area contributed by atoms with Crippen molar-refractivity contribution in [1.82, 2.24) is 14.9 Å². The number of benzene rings is 2. The standard InChI is InChI=1S/C28H28F3N5O2/c1-19-3-6-22(15-24(19)34-27(38)8-5-21-16-32-18-33-17-21)26(37)14-20-4-7-25(23(13-20)28(29,30)31)36-11-9-35(2)10-12-36/h3-8,13,15-18H,9-12,14H2,1-2H3,(H,34,38)/b8-5+. The number of ketones is 1. The van der Waals surface area contributed by atoms with E-state index in [9.17, 15) is 22.8 Å². The second-order valence-electron chi connectivity index (χ2n) is 9.26. The molecular weight excluding hydrogens is 495 g/mol. The zero-order valence-electron chi connectivity index (χ0n) is 21.1. The van der Waals surface area contributed by atoms with E-state index in [1.165, 1.54) is 24.5 Å². The molecule has 1 aliphatic rings. The third-order valence-electron chi connectivity index (χ3n) is 6.40. The summed E-state index contributed by atoms with van der Waals surface area (Å²) in [5.74, 6) is -0.756. The number of nitrogens with zero attached hydrogens (tertiary/aromatic N) is 4. The van der Waals surface area contributed by atoms with Gasteiger partial charge in [-0.05, 0) is 49.4 Å². The molecule has 0 aliphatic carbocycles. The number of hydrogen-bond acceptors (Lipinski definition) is 6. The Hall–Kier alpha value is -4.05. The number of piperazine rings is 1. The normalized spacial score (nSPS) is 14.6. The number of rotatable bonds is 7. The van der Waals surface area contributed by atoms with Crippen molar-refractivity contribution in [3.05, 3.63) is 89.0 Å². The summed E-state index contributed by atoms with van der Waals surface area (Å²) < 4.78 is 41.8. The topological polar surface area (TPSA) is 78.4 Å². The van der Waals surface area contributed by atoms with Gasteiger partial charge in [-0.25, -0.2) is 9.97 Å². The van der Waals surface area contributed by atoms with Crippen LogP contribution in [0.25, 0.3) is 6.08 Å². The van der Waals surface area contributed by atoms with Crippen molar-refractivity contribution in [2.24, 2.45) is 0 Å². The molecule has 0 radical (unpaired) electrons. The van der Waals surface area contributed by atoms with Crippen molar-refractivity contribution in [2.45, 2.75) is 19.5 Å². The molecule has 1 amide bonds. The van der Waals surface area contributed by atoms with E-state index in [-0.39, 0.29) is 23.5 Å². The summed E-state index contributed by atoms with van der Waals surface area (Å²) in [4.78, 5) is 37.0. The third kappa shape index (κ3) is 6.83. The molecule has 0 spiro atoms. The molecule has 4 rings (SSSR count). The largest absolute Gasteiger partial charge is 0.418 e. The Bertz CT molecular complexity index is 1330. The van der Waals surface area contributed by atoms with E-state index in [1.54, 1.807) is 48.5 Å². The van der Waals surface area contributed by atoms with Crippen LogP contribution < -0.4 is 10.2 Å². The molecule has 198 valence electrons. The molecule has 0 atom stereocenters. The van der Waals surface area contributed by atoms with E-state index in [2.05, 4.69) is 20.2 Å². The first-order valence-electron chi connectivity index (χ1n) is 12.1. The zero-order chi connectivity index (χ0) is 27.3. The van der Waals surface area contributed by atoms with Gasteiger partial charge in [0.15, 0.2) is 5.78 Å². The number of Topliss-reactive ketones (excluding diaryl/α,β-unsaturated/α-hetero) is 1. The first kappa shape index (κ1) is 27.0. The second-order valence-corrected chi connectivity index (χ2v) is 9.26. The maximum absolute atomic E-state index is 13.9. The quantitative estimate of drug-likeness (QED) is 0.359. The number of anilines is 2. The van der Waals surface area contributed by atoms with Crippen molar-refractivity contribution >= 4 is 29.1 Å². The van der Waals surface area contributed by atoms with Crippen molar-refractivity contribution in [2.75, 3.05) is 43.4 Å². The number of likely N-dealkylation sites (N-methyl/N-ethyl adjacent to an activating group) is 1. The number of halogens is 3. The molecule has 7 nitrogen and oxygen atoms in total. The van der Waals surface area contributed by atoms with Crippen molar-refractivity contribution < 1.29 is 22.8 Å². The van der Waals surface area contributed by atoms with Crippen LogP contribution in [-0.2, 0) is 17.4 Å². The number of nitrogens with one attached hydrogen (secondary N) is 1. The molecule has 1 fully saturated rings. The molecule has 2 aromatic carbocycles. The molecule has 1 N–H and O–H groups in total. The fourth-order valence-corrected chi connectivity index (χ4v) is 4.20. The Morgan fingerprint density at radius 1 is 1.03 bits per heavy atom. The van der Waals surface area contributed by atoms with Crippen LogP contribution in [0.5, 0.6) is 0 Å². The molecule has 0 saturated carbocycles. The minimum Gasteiger partial charge on any atom is -0.368 e. The number of aromatic nitrogens is 2. The number of hydrogen-bond donors (Lipinski definition) is 1. The number of aryl methyl sites for hydroxylation is 1. The van der Waals surface area contributed by atoms with Gasteiger partial charge in [0.2, 0.25) is 5.91 Å². The molecule has 0 bridgehead atoms. The molecule has 38 heavy (non-hydrogen) atoms. The first-order chi connectivity index (χ1) is 18.1. The van der Waals surface area contributed by atoms with Crippen LogP contribution in [0.2, 0.25) is 0 Å². The van der Waals surface area contributed by atoms with Crippen LogP contribution in [0.3, 0.4) is 0 Å². The Balaban J connectivity index is 1.49. The fraction of sp³-hybridized carbons (Fsp3) is 0.286. The van der Waals surface area contributed by atoms with Gasteiger partial charge in [-0.15, -0.1) is 0 Å². The summed E-state index contributed by atoms with van der Waals surface area (Å²) in [5, 5.41) is 2.74. The molecule has 1 aliphatic heterocycles. The average Bonchev–Trinajstić information content (AvgIpc) is 2.89. The lowest BCUT2D eigenvalue weighted by Gasteiger charge is -2.35. The lowest BCUT2D eigenvalue weighted by atomic mass is 9.98. The highest BCUT2D eigenvalue weighted by atomic mass is 19.4. The summed E-state index contributed by atoms with van der Waals surface area (Å²) >= 11 is 0. The predicted octanol–water partition coefficient (Wildman–Crippen LogP) is 4.63. The summed E-state index contributed by atoms with van der Waals surface area (Å²) in [7, 11) is 1.94. The first-order valence-corrected chi connectivity index (χ1v) is 12.1. The lowest BCUT2D eigenvalue weighted by Crippen LogP contribution is -2.45. The van der Waals surface area contributed by atoms with E-state index >= 15 is 0 Å². The molecule has 10 heteroatoms. The summed E-state index contributed by atoms with van der Waals surface area (Å²) in [6.07, 6.45) is 2.65. The highest BCUT2D eigenvalue weighted by Crippen LogP contribution is 2.38. The Labute approximate surface area is 219 Å². The summed E-state index contributed by atoms with van der Waals surface area (Å²) in [6, 6.07) is 8.94. The van der Waals surface area contributed by atoms with Crippen LogP contribution in [0.1, 0.15) is 32.6 Å². The van der Waals surface area contributed by atoms with E-state index < -0.39 is 17.6 Å². The van der Waals surface area contributed by atoms with E-state index in [0.29, 0.717) is 43.0 Å². The van der Waals surface area contributed by atoms with Gasteiger partial charge in [0.1, 0.15) is 6.33 Å². The van der Waals surface area contributed by atoms with Gasteiger partial charge in [-0.2, -0.15) is 13.2 Å². The molecular formula is C28H28F3N5O2. The smallest absolute Gasteiger partial charge is 0.368 e. The third-order valence-corrected chi connectivity index (χ3v) is 6.40. The van der Waals surface area contributed by atoms with Crippen molar-refractivity contribution in [3.8, 4) is 0 Å². The second kappa shape index (κ2) is 11.6. The highest BCUT2D eigenvalue weighted by molar-refractivity contribution is 6.04. The van der Waals surface area contributed by atoms with Crippen molar-refractivity contribution in [1.29, 1.82) is 0 Å². The van der Waals surface area contributed by atoms with Gasteiger partial charge >= 0.3 is 6.18 Å². The number of carbonyl (C=O) groups is 2. The summed E-state index contributed by atoms with van der Waals surface area (Å²) in [6.45, 7) is 4.15. The van der Waals surface area contributed by atoms with Crippen LogP contribution in [-0.4, -0.2) is 59.8 Å². The van der Waals surface area contributed by atoms with Gasteiger partial charge in [0.25, 0.3) is 0 Å². The number of carbonyl (C=O) groups excluding carboxylic acids is 2. The lowest BCUT2D eigenvalue weighted by molar-refractivity contribution is -0.137. The monoisotopic (exact) mass is 523 g/mol. The maximum Gasteiger partial charge on any atom is 0.418 e. The highest BCUT2D eigenvalue weighted by Gasteiger charge is 2.35. The molecule has 3 aromatic rings. The Kier molecular flexibility index (Phi) is 8.21. The minimum absolute atomic E-state index is 0.136. The van der Waals surface area contributed by atoms with E-state index in [0.717, 1.165) is 11.6 Å². The van der Waals surface area contributed by atoms with Gasteiger partial charge in [-0.1, -0.05) is 18.2 Å². The van der Waals surface area contributed by atoms with Crippen LogP contribution in [0.4, 0.5) is 24.5 Å². The maximum atomic E-state index is 13.9. The Morgan fingerprint density at radius 2 is 1.74 bits per heavy atom. The molecule has 1 saturated heterocycles. The van der Waals surface area contributed by atoms with Crippen molar-refractivity contribution in [3.63, 3.8) is 0 Å². The number of alkyl halides is 3. The van der Waals surface area contributed by atoms with Gasteiger partial charge in [0.05, 0.1) is 5.56 Å². The van der Waals surface area contributed by atoms with E-state index in [4.69, 9.17) is 0 Å². The molecule has 0 unspecified atom stereocenters. The van der Waals surface area contributed by atoms with Gasteiger partial charge in [0, 0.05) is 73.6 Å².